The van der Waals surface area contributed by atoms with Crippen molar-refractivity contribution in [3.05, 3.63) is 82.7 Å². The monoisotopic (exact) mass is 565 g/mol. The Morgan fingerprint density at radius 1 is 1.15 bits per heavy atom. The minimum atomic E-state index is -4.64. The van der Waals surface area contributed by atoms with Crippen molar-refractivity contribution in [2.24, 2.45) is 7.05 Å². The molecule has 0 saturated heterocycles. The Hall–Kier alpha value is -4.28. The Balaban J connectivity index is 1.48. The van der Waals surface area contributed by atoms with Crippen LogP contribution in [0.3, 0.4) is 0 Å². The lowest BCUT2D eigenvalue weighted by atomic mass is 9.86. The second-order valence-electron chi connectivity index (χ2n) is 10.5. The summed E-state index contributed by atoms with van der Waals surface area (Å²) in [6.45, 7) is 3.11. The summed E-state index contributed by atoms with van der Waals surface area (Å²) >= 11 is 0. The van der Waals surface area contributed by atoms with Gasteiger partial charge in [-0.2, -0.15) is 18.3 Å². The highest BCUT2D eigenvalue weighted by atomic mass is 19.4. The topological polar surface area (TPSA) is 74.4 Å². The number of nitrogens with zero attached hydrogens (tertiary/aromatic N) is 5. The Morgan fingerprint density at radius 2 is 1.95 bits per heavy atom. The number of hydrogen-bond acceptors (Lipinski definition) is 5. The third-order valence-electron chi connectivity index (χ3n) is 7.90. The highest BCUT2D eigenvalue weighted by Crippen LogP contribution is 2.43. The number of aromatic nitrogens is 4. The van der Waals surface area contributed by atoms with Gasteiger partial charge in [0.05, 0.1) is 19.8 Å². The molecule has 6 rings (SSSR count). The van der Waals surface area contributed by atoms with Gasteiger partial charge in [0.15, 0.2) is 5.69 Å². The minimum absolute atomic E-state index is 0.0281. The van der Waals surface area contributed by atoms with Crippen LogP contribution >= 0.6 is 0 Å². The molecule has 4 heterocycles. The maximum Gasteiger partial charge on any atom is 0.435 e. The lowest BCUT2D eigenvalue weighted by molar-refractivity contribution is -0.140. The van der Waals surface area contributed by atoms with E-state index >= 15 is 0 Å². The third kappa shape index (κ3) is 4.93. The van der Waals surface area contributed by atoms with Gasteiger partial charge in [-0.15, -0.1) is 0 Å². The van der Waals surface area contributed by atoms with Crippen LogP contribution in [-0.4, -0.2) is 50.4 Å². The predicted molar refractivity (Wildman–Crippen MR) is 145 cm³/mol. The number of hydrogen-bond donors (Lipinski definition) is 0. The van der Waals surface area contributed by atoms with Crippen LogP contribution in [0.4, 0.5) is 13.2 Å². The van der Waals surface area contributed by atoms with Crippen molar-refractivity contribution in [2.75, 3.05) is 20.3 Å². The molecule has 0 spiro atoms. The Labute approximate surface area is 235 Å². The van der Waals surface area contributed by atoms with E-state index in [1.807, 2.05) is 46.9 Å². The van der Waals surface area contributed by atoms with Gasteiger partial charge < -0.3 is 18.9 Å². The van der Waals surface area contributed by atoms with Crippen molar-refractivity contribution in [1.82, 2.24) is 24.2 Å². The van der Waals surface area contributed by atoms with Crippen molar-refractivity contribution in [3.63, 3.8) is 0 Å². The van der Waals surface area contributed by atoms with Gasteiger partial charge in [0.2, 0.25) is 0 Å². The molecule has 0 saturated carbocycles. The zero-order chi connectivity index (χ0) is 28.9. The van der Waals surface area contributed by atoms with Crippen LogP contribution in [0.5, 0.6) is 11.5 Å². The van der Waals surface area contributed by atoms with Crippen molar-refractivity contribution >= 4 is 5.91 Å². The van der Waals surface area contributed by atoms with Crippen LogP contribution < -0.4 is 9.47 Å². The first-order valence-corrected chi connectivity index (χ1v) is 13.5. The molecule has 214 valence electrons. The molecule has 11 heteroatoms. The molecule has 2 aliphatic heterocycles. The highest BCUT2D eigenvalue weighted by molar-refractivity contribution is 5.99. The van der Waals surface area contributed by atoms with E-state index in [2.05, 4.69) is 10.1 Å². The molecule has 8 nitrogen and oxygen atoms in total. The predicted octanol–water partition coefficient (Wildman–Crippen LogP) is 5.58. The van der Waals surface area contributed by atoms with Crippen LogP contribution in [-0.2, 0) is 26.2 Å². The van der Waals surface area contributed by atoms with E-state index in [-0.39, 0.29) is 17.5 Å². The standard InChI is InChI=1S/C30H30F3N5O3/c1-18-34-9-11-37(18)16-19-13-22(25-17-36(2)35-28(25)30(31,32)33)21-8-10-38(29(39)23(21)14-19)26-5-4-12-41-27-7-6-20(40-3)15-24(26)27/h6-7,9,11,13-15,17,26H,4-5,8,10,12,16H2,1-3H3/t26-/m0/s1. The van der Waals surface area contributed by atoms with Crippen LogP contribution in [0.2, 0.25) is 0 Å². The van der Waals surface area contributed by atoms with E-state index in [1.165, 1.54) is 17.9 Å². The summed E-state index contributed by atoms with van der Waals surface area (Å²) in [6, 6.07) is 8.92. The zero-order valence-corrected chi connectivity index (χ0v) is 23.0. The van der Waals surface area contributed by atoms with Gasteiger partial charge >= 0.3 is 6.18 Å². The van der Waals surface area contributed by atoms with Gasteiger partial charge in [0, 0.05) is 55.4 Å². The number of imidazole rings is 1. The largest absolute Gasteiger partial charge is 0.497 e. The lowest BCUT2D eigenvalue weighted by Crippen LogP contribution is -2.40. The first kappa shape index (κ1) is 26.9. The van der Waals surface area contributed by atoms with Crippen LogP contribution in [0.25, 0.3) is 11.1 Å². The number of ether oxygens (including phenoxy) is 2. The number of carbonyl (C=O) groups excluding carboxylic acids is 1. The number of benzene rings is 2. The molecular weight excluding hydrogens is 535 g/mol. The summed E-state index contributed by atoms with van der Waals surface area (Å²) in [5.74, 6) is 1.93. The lowest BCUT2D eigenvalue weighted by Gasteiger charge is -2.36. The Bertz CT molecular complexity index is 1620. The van der Waals surface area contributed by atoms with Crippen LogP contribution in [0.1, 0.15) is 57.5 Å². The molecule has 41 heavy (non-hydrogen) atoms. The van der Waals surface area contributed by atoms with Gasteiger partial charge in [0.25, 0.3) is 5.91 Å². The quantitative estimate of drug-likeness (QED) is 0.316. The molecular formula is C30H30F3N5O3. The maximum absolute atomic E-state index is 14.3. The van der Waals surface area contributed by atoms with Crippen molar-refractivity contribution in [2.45, 2.75) is 44.9 Å². The van der Waals surface area contributed by atoms with E-state index in [9.17, 15) is 18.0 Å². The Kier molecular flexibility index (Phi) is 6.75. The summed E-state index contributed by atoms with van der Waals surface area (Å²) in [4.78, 5) is 20.4. The summed E-state index contributed by atoms with van der Waals surface area (Å²) in [7, 11) is 3.06. The molecule has 4 aromatic rings. The molecule has 2 aliphatic rings. The normalized spacial score (nSPS) is 17.1. The number of aryl methyl sites for hydroxylation is 2. The van der Waals surface area contributed by atoms with E-state index in [1.54, 1.807) is 19.4 Å². The van der Waals surface area contributed by atoms with Crippen molar-refractivity contribution < 1.29 is 27.4 Å². The fourth-order valence-corrected chi connectivity index (χ4v) is 5.96. The van der Waals surface area contributed by atoms with E-state index in [0.717, 1.165) is 17.8 Å². The molecule has 2 aromatic carbocycles. The van der Waals surface area contributed by atoms with Gasteiger partial charge in [-0.25, -0.2) is 4.98 Å². The number of fused-ring (bicyclic) bond motifs is 2. The number of carbonyl (C=O) groups is 1. The number of methoxy groups -OCH3 is 1. The van der Waals surface area contributed by atoms with Crippen molar-refractivity contribution in [1.29, 1.82) is 0 Å². The molecule has 0 fully saturated rings. The van der Waals surface area contributed by atoms with Gasteiger partial charge in [-0.3, -0.25) is 9.48 Å². The molecule has 0 unspecified atom stereocenters. The fourth-order valence-electron chi connectivity index (χ4n) is 5.96. The molecule has 0 radical (unpaired) electrons. The first-order valence-electron chi connectivity index (χ1n) is 13.5. The number of halogens is 3. The summed E-state index contributed by atoms with van der Waals surface area (Å²) in [6.07, 6.45) is 2.08. The van der Waals surface area contributed by atoms with Crippen LogP contribution in [0, 0.1) is 6.92 Å². The molecule has 0 bridgehead atoms. The summed E-state index contributed by atoms with van der Waals surface area (Å²) in [5.41, 5.74) is 1.98. The fraction of sp³-hybridized carbons (Fsp3) is 0.367. The number of rotatable bonds is 5. The number of alkyl halides is 3. The van der Waals surface area contributed by atoms with Gasteiger partial charge in [-0.05, 0) is 73.2 Å². The SMILES string of the molecule is COc1ccc2c(c1)[C@@H](N1CCc3c(cc(Cn4ccnc4C)cc3-c3cn(C)nc3C(F)(F)F)C1=O)CCCO2. The molecule has 1 atom stereocenters. The van der Waals surface area contributed by atoms with E-state index in [0.29, 0.717) is 66.3 Å². The summed E-state index contributed by atoms with van der Waals surface area (Å²) < 4.78 is 56.7. The van der Waals surface area contributed by atoms with Crippen molar-refractivity contribution in [3.8, 4) is 22.6 Å². The average Bonchev–Trinajstić information content (AvgIpc) is 3.47. The van der Waals surface area contributed by atoms with E-state index < -0.39 is 11.9 Å². The Morgan fingerprint density at radius 3 is 2.68 bits per heavy atom. The average molecular weight is 566 g/mol. The van der Waals surface area contributed by atoms with Gasteiger partial charge in [0.1, 0.15) is 17.3 Å². The molecule has 0 aliphatic carbocycles. The van der Waals surface area contributed by atoms with E-state index in [4.69, 9.17) is 9.47 Å². The zero-order valence-electron chi connectivity index (χ0n) is 23.0. The molecule has 0 N–H and O–H groups in total. The second-order valence-corrected chi connectivity index (χ2v) is 10.5. The minimum Gasteiger partial charge on any atom is -0.497 e. The second kappa shape index (κ2) is 10.3. The number of amides is 1. The smallest absolute Gasteiger partial charge is 0.435 e. The molecule has 1 amide bonds. The highest BCUT2D eigenvalue weighted by Gasteiger charge is 2.40. The first-order chi connectivity index (χ1) is 19.6. The third-order valence-corrected chi connectivity index (χ3v) is 7.90. The maximum atomic E-state index is 14.3. The molecule has 2 aromatic heterocycles. The summed E-state index contributed by atoms with van der Waals surface area (Å²) in [5, 5.41) is 3.74. The van der Waals surface area contributed by atoms with Gasteiger partial charge in [-0.1, -0.05) is 0 Å². The van der Waals surface area contributed by atoms with Crippen LogP contribution in [0.15, 0.2) is 48.9 Å².